The highest BCUT2D eigenvalue weighted by Crippen LogP contribution is 2.27. The van der Waals surface area contributed by atoms with Crippen molar-refractivity contribution in [3.05, 3.63) is 52.5 Å². The fourth-order valence-corrected chi connectivity index (χ4v) is 3.06. The van der Waals surface area contributed by atoms with Gasteiger partial charge in [0.05, 0.1) is 6.10 Å². The highest BCUT2D eigenvalue weighted by molar-refractivity contribution is 6.31. The van der Waals surface area contributed by atoms with E-state index in [1.807, 2.05) is 26.0 Å². The number of anilines is 1. The summed E-state index contributed by atoms with van der Waals surface area (Å²) >= 11 is 6.08. The predicted molar refractivity (Wildman–Crippen MR) is 106 cm³/mol. The molecule has 0 aromatic heterocycles. The summed E-state index contributed by atoms with van der Waals surface area (Å²) in [5, 5.41) is 3.50. The highest BCUT2D eigenvalue weighted by atomic mass is 35.5. The van der Waals surface area contributed by atoms with Crippen LogP contribution in [0.2, 0.25) is 5.02 Å². The number of rotatable bonds is 7. The number of ether oxygens (including phenoxy) is 3. The Hall–Kier alpha value is -2.24. The number of carbonyl (C=O) groups excluding carboxylic acids is 1. The van der Waals surface area contributed by atoms with Crippen LogP contribution in [0.1, 0.15) is 24.0 Å². The van der Waals surface area contributed by atoms with Crippen LogP contribution in [0, 0.1) is 13.8 Å². The second-order valence-electron chi connectivity index (χ2n) is 6.60. The Labute approximate surface area is 164 Å². The van der Waals surface area contributed by atoms with Gasteiger partial charge in [-0.2, -0.15) is 0 Å². The predicted octanol–water partition coefficient (Wildman–Crippen LogP) is 4.53. The lowest BCUT2D eigenvalue weighted by Crippen LogP contribution is -2.20. The minimum absolute atomic E-state index is 0.0703. The average molecular weight is 390 g/mol. The molecular weight excluding hydrogens is 366 g/mol. The molecule has 0 radical (unpaired) electrons. The van der Waals surface area contributed by atoms with Gasteiger partial charge in [0.2, 0.25) is 0 Å². The van der Waals surface area contributed by atoms with Crippen LogP contribution in [0.15, 0.2) is 36.4 Å². The van der Waals surface area contributed by atoms with Crippen molar-refractivity contribution >= 4 is 23.2 Å². The van der Waals surface area contributed by atoms with E-state index in [0.717, 1.165) is 36.3 Å². The van der Waals surface area contributed by atoms with Crippen molar-refractivity contribution in [2.24, 2.45) is 0 Å². The van der Waals surface area contributed by atoms with Crippen LogP contribution in [0.3, 0.4) is 0 Å². The third-order valence-electron chi connectivity index (χ3n) is 4.63. The van der Waals surface area contributed by atoms with E-state index >= 15 is 0 Å². The van der Waals surface area contributed by atoms with Crippen molar-refractivity contribution in [3.63, 3.8) is 0 Å². The lowest BCUT2D eigenvalue weighted by atomic mass is 10.1. The molecule has 2 aromatic carbocycles. The van der Waals surface area contributed by atoms with Gasteiger partial charge in [0.1, 0.15) is 18.1 Å². The summed E-state index contributed by atoms with van der Waals surface area (Å²) in [5.41, 5.74) is 2.58. The Bertz CT molecular complexity index is 786. The first-order valence-corrected chi connectivity index (χ1v) is 9.43. The Morgan fingerprint density at radius 3 is 2.63 bits per heavy atom. The molecule has 0 bridgehead atoms. The van der Waals surface area contributed by atoms with Crippen LogP contribution in [-0.2, 0) is 9.53 Å². The summed E-state index contributed by atoms with van der Waals surface area (Å²) < 4.78 is 16.9. The molecule has 1 saturated heterocycles. The fourth-order valence-electron chi connectivity index (χ4n) is 2.86. The zero-order valence-corrected chi connectivity index (χ0v) is 16.3. The maximum absolute atomic E-state index is 12.1. The van der Waals surface area contributed by atoms with E-state index in [1.165, 1.54) is 0 Å². The van der Waals surface area contributed by atoms with Gasteiger partial charge in [-0.1, -0.05) is 11.6 Å². The molecule has 1 amide bonds. The zero-order valence-electron chi connectivity index (χ0n) is 15.6. The van der Waals surface area contributed by atoms with Crippen LogP contribution in [0.4, 0.5) is 5.69 Å². The number of benzene rings is 2. The van der Waals surface area contributed by atoms with Crippen molar-refractivity contribution in [2.45, 2.75) is 32.8 Å². The van der Waals surface area contributed by atoms with Crippen LogP contribution in [-0.4, -0.2) is 31.8 Å². The molecule has 1 N–H and O–H groups in total. The molecular formula is C21H24ClNO4. The van der Waals surface area contributed by atoms with Crippen molar-refractivity contribution in [2.75, 3.05) is 25.1 Å². The van der Waals surface area contributed by atoms with Crippen LogP contribution < -0.4 is 14.8 Å². The second-order valence-corrected chi connectivity index (χ2v) is 7.01. The average Bonchev–Trinajstić information content (AvgIpc) is 3.19. The molecule has 1 atom stereocenters. The molecule has 6 heteroatoms. The van der Waals surface area contributed by atoms with Crippen molar-refractivity contribution in [3.8, 4) is 11.5 Å². The SMILES string of the molecule is Cc1c(Cl)ccc(OCC(=O)Nc2ccc(OCC3CCCO3)cc2)c1C. The Morgan fingerprint density at radius 1 is 1.15 bits per heavy atom. The summed E-state index contributed by atoms with van der Waals surface area (Å²) in [6.45, 7) is 5.14. The van der Waals surface area contributed by atoms with Gasteiger partial charge in [-0.05, 0) is 74.2 Å². The van der Waals surface area contributed by atoms with Gasteiger partial charge in [-0.3, -0.25) is 4.79 Å². The molecule has 27 heavy (non-hydrogen) atoms. The fraction of sp³-hybridized carbons (Fsp3) is 0.381. The third-order valence-corrected chi connectivity index (χ3v) is 5.04. The van der Waals surface area contributed by atoms with Gasteiger partial charge in [-0.15, -0.1) is 0 Å². The molecule has 1 aliphatic heterocycles. The first kappa shape index (κ1) is 19.5. The molecule has 3 rings (SSSR count). The molecule has 144 valence electrons. The summed E-state index contributed by atoms with van der Waals surface area (Å²) in [7, 11) is 0. The van der Waals surface area contributed by atoms with Gasteiger partial charge in [0.25, 0.3) is 5.91 Å². The lowest BCUT2D eigenvalue weighted by Gasteiger charge is -2.13. The van der Waals surface area contributed by atoms with Crippen molar-refractivity contribution < 1.29 is 19.0 Å². The van der Waals surface area contributed by atoms with Crippen LogP contribution in [0.25, 0.3) is 0 Å². The van der Waals surface area contributed by atoms with E-state index < -0.39 is 0 Å². The molecule has 0 spiro atoms. The van der Waals surface area contributed by atoms with Crippen LogP contribution in [0.5, 0.6) is 11.5 Å². The Morgan fingerprint density at radius 2 is 1.93 bits per heavy atom. The number of carbonyl (C=O) groups is 1. The Balaban J connectivity index is 1.47. The number of amides is 1. The van der Waals surface area contributed by atoms with E-state index in [2.05, 4.69) is 5.32 Å². The lowest BCUT2D eigenvalue weighted by molar-refractivity contribution is -0.118. The number of hydrogen-bond donors (Lipinski definition) is 1. The topological polar surface area (TPSA) is 56.8 Å². The molecule has 1 heterocycles. The van der Waals surface area contributed by atoms with E-state index in [1.54, 1.807) is 24.3 Å². The van der Waals surface area contributed by atoms with Gasteiger partial charge in [0.15, 0.2) is 6.61 Å². The monoisotopic (exact) mass is 389 g/mol. The van der Waals surface area contributed by atoms with Gasteiger partial charge < -0.3 is 19.5 Å². The molecule has 1 unspecified atom stereocenters. The number of nitrogens with one attached hydrogen (secondary N) is 1. The normalized spacial score (nSPS) is 16.2. The maximum Gasteiger partial charge on any atom is 0.262 e. The van der Waals surface area contributed by atoms with Gasteiger partial charge >= 0.3 is 0 Å². The molecule has 2 aromatic rings. The minimum Gasteiger partial charge on any atom is -0.491 e. The third kappa shape index (κ3) is 5.37. The molecule has 0 aliphatic carbocycles. The zero-order chi connectivity index (χ0) is 19.2. The van der Waals surface area contributed by atoms with Gasteiger partial charge in [-0.25, -0.2) is 0 Å². The molecule has 1 fully saturated rings. The maximum atomic E-state index is 12.1. The highest BCUT2D eigenvalue weighted by Gasteiger charge is 2.16. The Kier molecular flexibility index (Phi) is 6.58. The largest absolute Gasteiger partial charge is 0.491 e. The minimum atomic E-state index is -0.227. The smallest absolute Gasteiger partial charge is 0.262 e. The summed E-state index contributed by atoms with van der Waals surface area (Å²) in [6.07, 6.45) is 2.32. The van der Waals surface area contributed by atoms with Gasteiger partial charge in [0, 0.05) is 17.3 Å². The van der Waals surface area contributed by atoms with E-state index in [9.17, 15) is 4.79 Å². The van der Waals surface area contributed by atoms with Crippen molar-refractivity contribution in [1.29, 1.82) is 0 Å². The number of halogens is 1. The van der Waals surface area contributed by atoms with E-state index in [4.69, 9.17) is 25.8 Å². The van der Waals surface area contributed by atoms with E-state index in [-0.39, 0.29) is 18.6 Å². The summed E-state index contributed by atoms with van der Waals surface area (Å²) in [5.74, 6) is 1.19. The number of hydrogen-bond acceptors (Lipinski definition) is 4. The standard InChI is InChI=1S/C21H24ClNO4/c1-14-15(2)20(10-9-19(14)22)27-13-21(24)23-16-5-7-17(8-6-16)26-12-18-4-3-11-25-18/h5-10,18H,3-4,11-13H2,1-2H3,(H,23,24). The van der Waals surface area contributed by atoms with E-state index in [0.29, 0.717) is 23.1 Å². The first-order chi connectivity index (χ1) is 13.0. The molecule has 1 aliphatic rings. The second kappa shape index (κ2) is 9.11. The summed E-state index contributed by atoms with van der Waals surface area (Å²) in [4.78, 5) is 12.1. The van der Waals surface area contributed by atoms with Crippen LogP contribution >= 0.6 is 11.6 Å². The first-order valence-electron chi connectivity index (χ1n) is 9.06. The van der Waals surface area contributed by atoms with Crippen molar-refractivity contribution in [1.82, 2.24) is 0 Å². The quantitative estimate of drug-likeness (QED) is 0.755. The summed E-state index contributed by atoms with van der Waals surface area (Å²) in [6, 6.07) is 10.8. The molecule has 5 nitrogen and oxygen atoms in total. The molecule has 0 saturated carbocycles.